The third-order valence-corrected chi connectivity index (χ3v) is 20.8. The Labute approximate surface area is 273 Å². The number of rotatable bonds is 9. The molecule has 0 saturated carbocycles. The molecule has 12 nitrogen and oxygen atoms in total. The highest BCUT2D eigenvalue weighted by Gasteiger charge is 2.55. The number of hydrogen-bond donors (Lipinski definition) is 1. The fraction of sp³-hybridized carbons (Fsp3) is 0.655. The van der Waals surface area contributed by atoms with Crippen LogP contribution in [0.1, 0.15) is 59.4 Å². The second-order valence-corrected chi connectivity index (χ2v) is 27.2. The van der Waals surface area contributed by atoms with Gasteiger partial charge in [-0.1, -0.05) is 41.5 Å². The minimum atomic E-state index is -3.07. The van der Waals surface area contributed by atoms with Crippen LogP contribution in [0.5, 0.6) is 0 Å². The highest BCUT2D eigenvalue weighted by Crippen LogP contribution is 2.59. The van der Waals surface area contributed by atoms with Crippen molar-refractivity contribution in [1.29, 1.82) is 0 Å². The van der Waals surface area contributed by atoms with Gasteiger partial charge < -0.3 is 28.4 Å². The summed E-state index contributed by atoms with van der Waals surface area (Å²) in [7, 11) is -4.69. The van der Waals surface area contributed by atoms with Crippen LogP contribution >= 0.6 is 6.72 Å². The number of nitrogens with two attached hydrogens (primary N) is 1. The fourth-order valence-corrected chi connectivity index (χ4v) is 9.39. The van der Waals surface area contributed by atoms with E-state index in [1.165, 1.54) is 6.33 Å². The van der Waals surface area contributed by atoms with Crippen molar-refractivity contribution in [2.24, 2.45) is 0 Å². The molecule has 2 aliphatic rings. The minimum absolute atomic E-state index is 0.0664. The largest absolute Gasteiger partial charge is 0.408 e. The molecule has 0 spiro atoms. The first-order chi connectivity index (χ1) is 20.8. The zero-order chi connectivity index (χ0) is 33.0. The minimum Gasteiger partial charge on any atom is -0.408 e. The Balaban J connectivity index is 1.51. The van der Waals surface area contributed by atoms with Crippen molar-refractivity contribution in [2.75, 3.05) is 18.9 Å². The highest BCUT2D eigenvalue weighted by atomic mass is 32.5. The van der Waals surface area contributed by atoms with Gasteiger partial charge in [-0.05, 0) is 65.8 Å². The van der Waals surface area contributed by atoms with Gasteiger partial charge in [-0.3, -0.25) is 14.1 Å². The standard InChI is InChI=1S/C29H47N6O6PSSi2/c1-28(2,3)44(7,8)40-23-21(16-37-42(43)36-15-20(39-42)19-11-13-31-14-12-19)38-27(24(23)41-45(9,10)29(4,5)6)35-18-34-22-25(30)32-17-33-26(22)35/h11-14,17-18,20-21,23-24,27H,15-16H2,1-10H3,(H2,30,32,33)/t20?,21-,23-,24-,27-,42?/m1/s1. The van der Waals surface area contributed by atoms with Crippen LogP contribution in [0.25, 0.3) is 11.2 Å². The molecule has 45 heavy (non-hydrogen) atoms. The first-order valence-electron chi connectivity index (χ1n) is 15.2. The molecule has 2 unspecified atom stereocenters. The summed E-state index contributed by atoms with van der Waals surface area (Å²) in [4.78, 5) is 17.3. The molecule has 5 heterocycles. The van der Waals surface area contributed by atoms with E-state index in [1.54, 1.807) is 18.7 Å². The van der Waals surface area contributed by atoms with Crippen molar-refractivity contribution in [3.8, 4) is 0 Å². The molecular weight excluding hydrogens is 648 g/mol. The van der Waals surface area contributed by atoms with E-state index in [-0.39, 0.29) is 22.8 Å². The van der Waals surface area contributed by atoms with Crippen LogP contribution in [-0.2, 0) is 39.0 Å². The molecule has 5 rings (SSSR count). The molecule has 16 heteroatoms. The van der Waals surface area contributed by atoms with Gasteiger partial charge in [-0.15, -0.1) is 0 Å². The summed E-state index contributed by atoms with van der Waals surface area (Å²) in [5.41, 5.74) is 8.15. The summed E-state index contributed by atoms with van der Waals surface area (Å²) in [6.45, 7) is 19.5. The van der Waals surface area contributed by atoms with Gasteiger partial charge in [0.15, 0.2) is 34.3 Å². The Hall–Kier alpha value is -1.66. The van der Waals surface area contributed by atoms with E-state index in [4.69, 9.17) is 44.7 Å². The molecular formula is C29H47N6O6PSSi2. The molecule has 0 amide bonds. The molecule has 2 N–H and O–H groups in total. The molecule has 248 valence electrons. The van der Waals surface area contributed by atoms with E-state index >= 15 is 0 Å². The van der Waals surface area contributed by atoms with E-state index < -0.39 is 47.9 Å². The normalized spacial score (nSPS) is 28.3. The van der Waals surface area contributed by atoms with Crippen LogP contribution in [0.4, 0.5) is 5.82 Å². The Morgan fingerprint density at radius 2 is 1.60 bits per heavy atom. The predicted octanol–water partition coefficient (Wildman–Crippen LogP) is 6.51. The van der Waals surface area contributed by atoms with Gasteiger partial charge in [-0.2, -0.15) is 0 Å². The number of pyridine rings is 1. The van der Waals surface area contributed by atoms with Gasteiger partial charge in [0, 0.05) is 12.4 Å². The van der Waals surface area contributed by atoms with Gasteiger partial charge in [-0.25, -0.2) is 15.0 Å². The van der Waals surface area contributed by atoms with Crippen LogP contribution in [0.2, 0.25) is 36.3 Å². The number of fused-ring (bicyclic) bond motifs is 1. The van der Waals surface area contributed by atoms with Crippen molar-refractivity contribution in [3.05, 3.63) is 42.7 Å². The summed E-state index contributed by atoms with van der Waals surface area (Å²) >= 11 is 5.81. The molecule has 3 aromatic rings. The maximum Gasteiger partial charge on any atom is 0.328 e. The van der Waals surface area contributed by atoms with E-state index in [1.807, 2.05) is 16.7 Å². The predicted molar refractivity (Wildman–Crippen MR) is 182 cm³/mol. The van der Waals surface area contributed by atoms with Gasteiger partial charge in [0.2, 0.25) is 0 Å². The second kappa shape index (κ2) is 12.4. The van der Waals surface area contributed by atoms with Gasteiger partial charge in [0.05, 0.1) is 19.5 Å². The fourth-order valence-electron chi connectivity index (χ4n) is 4.77. The van der Waals surface area contributed by atoms with E-state index in [0.29, 0.717) is 23.6 Å². The van der Waals surface area contributed by atoms with Crippen molar-refractivity contribution < 1.29 is 27.2 Å². The molecule has 0 radical (unpaired) electrons. The average molecular weight is 695 g/mol. The van der Waals surface area contributed by atoms with Crippen molar-refractivity contribution in [2.45, 2.75) is 108 Å². The molecule has 0 aliphatic carbocycles. The van der Waals surface area contributed by atoms with Crippen LogP contribution < -0.4 is 5.73 Å². The molecule has 0 bridgehead atoms. The number of ether oxygens (including phenoxy) is 1. The third-order valence-electron chi connectivity index (χ3n) is 9.54. The number of aromatic nitrogens is 5. The summed E-state index contributed by atoms with van der Waals surface area (Å²) in [5, 5.41) is -0.135. The zero-order valence-electron chi connectivity index (χ0n) is 27.9. The first kappa shape index (κ1) is 34.7. The number of hydrogen-bond acceptors (Lipinski definition) is 12. The Kier molecular flexibility index (Phi) is 9.57. The monoisotopic (exact) mass is 694 g/mol. The van der Waals surface area contributed by atoms with E-state index in [9.17, 15) is 0 Å². The lowest BCUT2D eigenvalue weighted by molar-refractivity contribution is -0.0468. The third kappa shape index (κ3) is 7.13. The molecule has 2 fully saturated rings. The molecule has 3 aromatic heterocycles. The van der Waals surface area contributed by atoms with E-state index in [0.717, 1.165) is 5.56 Å². The average Bonchev–Trinajstić information content (AvgIpc) is 3.63. The van der Waals surface area contributed by atoms with Gasteiger partial charge in [0.1, 0.15) is 36.3 Å². The second-order valence-electron chi connectivity index (χ2n) is 14.7. The van der Waals surface area contributed by atoms with Gasteiger partial charge >= 0.3 is 6.72 Å². The number of imidazole rings is 1. The quantitative estimate of drug-likeness (QED) is 0.193. The number of anilines is 1. The smallest absolute Gasteiger partial charge is 0.328 e. The SMILES string of the molecule is CC(C)(C)[Si](C)(C)O[C@@H]1[C@H](O[Si](C)(C)C(C)(C)C)[C@@H](COP2(=S)OCC(c3ccncc3)O2)O[C@H]1n1cnc2c(N)ncnc21. The van der Waals surface area contributed by atoms with Crippen molar-refractivity contribution in [1.82, 2.24) is 24.5 Å². The summed E-state index contributed by atoms with van der Waals surface area (Å²) in [5.74, 6) is 0.296. The van der Waals surface area contributed by atoms with Gasteiger partial charge in [0.25, 0.3) is 0 Å². The lowest BCUT2D eigenvalue weighted by Gasteiger charge is -2.44. The van der Waals surface area contributed by atoms with E-state index in [2.05, 4.69) is 87.7 Å². The summed E-state index contributed by atoms with van der Waals surface area (Å²) in [6.07, 6.45) is 4.05. The van der Waals surface area contributed by atoms with Crippen LogP contribution in [0.15, 0.2) is 37.2 Å². The summed E-state index contributed by atoms with van der Waals surface area (Å²) < 4.78 is 41.6. The lowest BCUT2D eigenvalue weighted by Crippen LogP contribution is -2.54. The molecule has 2 aliphatic heterocycles. The van der Waals surface area contributed by atoms with Crippen LogP contribution in [0, 0.1) is 0 Å². The van der Waals surface area contributed by atoms with Crippen molar-refractivity contribution >= 4 is 52.1 Å². The van der Waals surface area contributed by atoms with Crippen LogP contribution in [-0.4, -0.2) is 72.7 Å². The summed E-state index contributed by atoms with van der Waals surface area (Å²) in [6, 6.07) is 3.78. The molecule has 6 atom stereocenters. The Morgan fingerprint density at radius 1 is 0.978 bits per heavy atom. The van der Waals surface area contributed by atoms with Crippen LogP contribution in [0.3, 0.4) is 0 Å². The number of nitrogen functional groups attached to an aromatic ring is 1. The maximum absolute atomic E-state index is 7.20. The molecule has 2 saturated heterocycles. The Bertz CT molecular complexity index is 1550. The first-order valence-corrected chi connectivity index (χ1v) is 23.6. The van der Waals surface area contributed by atoms with Crippen molar-refractivity contribution in [3.63, 3.8) is 0 Å². The topological polar surface area (TPSA) is 138 Å². The number of nitrogens with zero attached hydrogens (tertiary/aromatic N) is 5. The highest BCUT2D eigenvalue weighted by molar-refractivity contribution is 8.07. The zero-order valence-corrected chi connectivity index (χ0v) is 31.6. The molecule has 0 aromatic carbocycles. The Morgan fingerprint density at radius 3 is 2.22 bits per heavy atom. The lowest BCUT2D eigenvalue weighted by atomic mass is 10.1. The maximum atomic E-state index is 7.20.